The van der Waals surface area contributed by atoms with E-state index in [4.69, 9.17) is 9.84 Å². The average molecular weight is 569 g/mol. The molecule has 3 unspecified atom stereocenters. The molecule has 2 saturated carbocycles. The van der Waals surface area contributed by atoms with Crippen molar-refractivity contribution in [2.75, 3.05) is 13.7 Å². The summed E-state index contributed by atoms with van der Waals surface area (Å²) in [6, 6.07) is 9.29. The molecule has 0 saturated heterocycles. The van der Waals surface area contributed by atoms with Gasteiger partial charge in [-0.1, -0.05) is 89.0 Å². The molecule has 2 fully saturated rings. The second-order valence-corrected chi connectivity index (χ2v) is 14.1. The molecule has 4 nitrogen and oxygen atoms in total. The van der Waals surface area contributed by atoms with Crippen molar-refractivity contribution in [1.29, 1.82) is 0 Å². The molecule has 41 heavy (non-hydrogen) atoms. The van der Waals surface area contributed by atoms with Gasteiger partial charge in [-0.05, 0) is 110 Å². The molecule has 2 N–H and O–H groups in total. The number of aliphatic hydroxyl groups excluding tert-OH is 1. The highest BCUT2D eigenvalue weighted by molar-refractivity contribution is 5.67. The first-order valence-electron chi connectivity index (χ1n) is 17.5. The number of carbonyl (C=O) groups is 1. The van der Waals surface area contributed by atoms with E-state index >= 15 is 0 Å². The van der Waals surface area contributed by atoms with Gasteiger partial charge in [0.05, 0.1) is 12.5 Å². The van der Waals surface area contributed by atoms with Crippen LogP contribution in [0, 0.1) is 35.5 Å². The zero-order valence-electron chi connectivity index (χ0n) is 26.3. The Morgan fingerprint density at radius 2 is 1.61 bits per heavy atom. The highest BCUT2D eigenvalue weighted by atomic mass is 16.5. The van der Waals surface area contributed by atoms with Crippen molar-refractivity contribution < 1.29 is 19.7 Å². The number of aryl methyl sites for hydroxylation is 1. The molecule has 8 atom stereocenters. The lowest BCUT2D eigenvalue weighted by atomic mass is 9.59. The Kier molecular flexibility index (Phi) is 13.5. The second kappa shape index (κ2) is 17.0. The Morgan fingerprint density at radius 3 is 2.37 bits per heavy atom. The third-order valence-corrected chi connectivity index (χ3v) is 11.4. The molecule has 0 amide bonds. The number of benzene rings is 1. The van der Waals surface area contributed by atoms with Gasteiger partial charge < -0.3 is 14.9 Å². The topological polar surface area (TPSA) is 66.8 Å². The van der Waals surface area contributed by atoms with E-state index in [1.807, 2.05) is 0 Å². The molecule has 0 aliphatic heterocycles. The molecule has 1 aromatic carbocycles. The molecule has 0 heterocycles. The average Bonchev–Trinajstić information content (AvgIpc) is 3.40. The first-order valence-corrected chi connectivity index (χ1v) is 17.5. The number of ether oxygens (including phenoxy) is 1. The van der Waals surface area contributed by atoms with E-state index in [2.05, 4.69) is 31.2 Å². The summed E-state index contributed by atoms with van der Waals surface area (Å²) in [6.45, 7) is 3.01. The third-order valence-electron chi connectivity index (χ3n) is 11.4. The monoisotopic (exact) mass is 568 g/mol. The Hall–Kier alpha value is -1.39. The number of methoxy groups -OCH3 is 1. The smallest absolute Gasteiger partial charge is 0.305 e. The fourth-order valence-corrected chi connectivity index (χ4v) is 9.52. The number of unbranched alkanes of at least 4 members (excludes halogenated alkanes) is 7. The van der Waals surface area contributed by atoms with E-state index in [1.165, 1.54) is 103 Å². The van der Waals surface area contributed by atoms with Gasteiger partial charge in [-0.3, -0.25) is 4.79 Å². The maximum absolute atomic E-state index is 11.1. The van der Waals surface area contributed by atoms with Crippen LogP contribution in [-0.4, -0.2) is 36.0 Å². The van der Waals surface area contributed by atoms with Crippen LogP contribution in [0.1, 0.15) is 140 Å². The minimum absolute atomic E-state index is 0.153. The van der Waals surface area contributed by atoms with Gasteiger partial charge in [0.2, 0.25) is 0 Å². The van der Waals surface area contributed by atoms with Crippen molar-refractivity contribution in [3.8, 4) is 0 Å². The molecule has 0 aromatic heterocycles. The summed E-state index contributed by atoms with van der Waals surface area (Å²) in [6.07, 6.45) is 22.2. The van der Waals surface area contributed by atoms with Crippen LogP contribution in [0.15, 0.2) is 24.3 Å². The molecule has 4 rings (SSSR count). The van der Waals surface area contributed by atoms with Crippen molar-refractivity contribution in [1.82, 2.24) is 0 Å². The summed E-state index contributed by atoms with van der Waals surface area (Å²) in [5.41, 5.74) is 3.28. The van der Waals surface area contributed by atoms with Crippen LogP contribution < -0.4 is 0 Å². The van der Waals surface area contributed by atoms with Crippen LogP contribution in [0.3, 0.4) is 0 Å². The lowest BCUT2D eigenvalue weighted by molar-refractivity contribution is -0.139. The summed E-state index contributed by atoms with van der Waals surface area (Å²) < 4.78 is 5.68. The minimum Gasteiger partial charge on any atom is -0.481 e. The number of aliphatic hydroxyl groups is 1. The Labute approximate surface area is 251 Å². The van der Waals surface area contributed by atoms with Crippen molar-refractivity contribution in [3.05, 3.63) is 35.4 Å². The van der Waals surface area contributed by atoms with E-state index in [9.17, 15) is 9.90 Å². The maximum atomic E-state index is 11.1. The van der Waals surface area contributed by atoms with E-state index in [-0.39, 0.29) is 6.42 Å². The lowest BCUT2D eigenvalue weighted by Crippen LogP contribution is -2.37. The van der Waals surface area contributed by atoms with Crippen LogP contribution in [0.2, 0.25) is 0 Å². The molecule has 232 valence electrons. The molecule has 4 heteroatoms. The standard InChI is InChI=1S/C37H60O4/c1-3-4-5-6-7-8-9-10-14-29(24-27(26-41-2)16-18-30(38)25-37(39)40)32-20-21-36-34(32)23-22-33-31-15-12-11-13-28(31)17-19-35(33)36/h11-13,15,27,29-30,32-36,38H,3-10,14,16-26H2,1-2H3,(H,39,40)/t27-,29+,30?,32+,33-,34?,35?,36+/m1/s1. The third kappa shape index (κ3) is 9.30. The minimum atomic E-state index is -0.911. The van der Waals surface area contributed by atoms with Crippen molar-refractivity contribution in [2.24, 2.45) is 35.5 Å². The summed E-state index contributed by atoms with van der Waals surface area (Å²) >= 11 is 0. The fraction of sp³-hybridized carbons (Fsp3) is 0.811. The molecular weight excluding hydrogens is 508 g/mol. The van der Waals surface area contributed by atoms with Gasteiger partial charge in [0.15, 0.2) is 0 Å². The van der Waals surface area contributed by atoms with Crippen LogP contribution in [0.4, 0.5) is 0 Å². The van der Waals surface area contributed by atoms with Crippen LogP contribution in [0.25, 0.3) is 0 Å². The van der Waals surface area contributed by atoms with E-state index < -0.39 is 12.1 Å². The number of aliphatic carboxylic acids is 1. The molecular formula is C37H60O4. The number of carboxylic acids is 1. The normalized spacial score (nSPS) is 27.4. The number of fused-ring (bicyclic) bond motifs is 5. The lowest BCUT2D eigenvalue weighted by Gasteiger charge is -2.46. The van der Waals surface area contributed by atoms with Gasteiger partial charge in [0, 0.05) is 13.7 Å². The molecule has 3 aliphatic rings. The van der Waals surface area contributed by atoms with Gasteiger partial charge in [0.25, 0.3) is 0 Å². The highest BCUT2D eigenvalue weighted by Gasteiger charge is 2.49. The SMILES string of the molecule is CCCCCCCCCC[C@@H](C[C@@H](CCC(O)CC(=O)O)COC)[C@@H]1CC[C@@H]2C3CCc4ccccc4[C@H]3CCC21. The first-order chi connectivity index (χ1) is 20.0. The predicted molar refractivity (Wildman–Crippen MR) is 168 cm³/mol. The molecule has 0 radical (unpaired) electrons. The van der Waals surface area contributed by atoms with E-state index in [0.29, 0.717) is 12.3 Å². The van der Waals surface area contributed by atoms with Gasteiger partial charge in [-0.2, -0.15) is 0 Å². The largest absolute Gasteiger partial charge is 0.481 e. The molecule has 3 aliphatic carbocycles. The van der Waals surface area contributed by atoms with Gasteiger partial charge in [-0.25, -0.2) is 0 Å². The Bertz CT molecular complexity index is 899. The zero-order chi connectivity index (χ0) is 29.0. The van der Waals surface area contributed by atoms with Gasteiger partial charge >= 0.3 is 5.97 Å². The summed E-state index contributed by atoms with van der Waals surface area (Å²) in [5, 5.41) is 19.4. The van der Waals surface area contributed by atoms with Crippen LogP contribution in [0.5, 0.6) is 0 Å². The van der Waals surface area contributed by atoms with Crippen molar-refractivity contribution in [3.63, 3.8) is 0 Å². The second-order valence-electron chi connectivity index (χ2n) is 14.1. The highest BCUT2D eigenvalue weighted by Crippen LogP contribution is 2.59. The predicted octanol–water partition coefficient (Wildman–Crippen LogP) is 9.18. The fourth-order valence-electron chi connectivity index (χ4n) is 9.52. The number of hydrogen-bond acceptors (Lipinski definition) is 3. The van der Waals surface area contributed by atoms with E-state index in [1.54, 1.807) is 18.2 Å². The molecule has 0 spiro atoms. The number of hydrogen-bond donors (Lipinski definition) is 2. The zero-order valence-corrected chi connectivity index (χ0v) is 26.3. The van der Waals surface area contributed by atoms with Crippen LogP contribution >= 0.6 is 0 Å². The first kappa shape index (κ1) is 32.5. The number of carboxylic acid groups (broad SMARTS) is 1. The summed E-state index contributed by atoms with van der Waals surface area (Å²) in [4.78, 5) is 11.1. The summed E-state index contributed by atoms with van der Waals surface area (Å²) in [5.74, 6) is 4.47. The van der Waals surface area contributed by atoms with Crippen LogP contribution in [-0.2, 0) is 16.0 Å². The van der Waals surface area contributed by atoms with Crippen molar-refractivity contribution >= 4 is 5.97 Å². The van der Waals surface area contributed by atoms with Gasteiger partial charge in [0.1, 0.15) is 0 Å². The Morgan fingerprint density at radius 1 is 0.878 bits per heavy atom. The quantitative estimate of drug-likeness (QED) is 0.163. The molecule has 0 bridgehead atoms. The summed E-state index contributed by atoms with van der Waals surface area (Å²) in [7, 11) is 1.79. The Balaban J connectivity index is 1.39. The van der Waals surface area contributed by atoms with Crippen molar-refractivity contribution in [2.45, 2.75) is 141 Å². The molecule has 1 aromatic rings. The number of rotatable bonds is 19. The maximum Gasteiger partial charge on any atom is 0.305 e. The van der Waals surface area contributed by atoms with E-state index in [0.717, 1.165) is 48.5 Å². The van der Waals surface area contributed by atoms with Gasteiger partial charge in [-0.15, -0.1) is 0 Å².